The molecule has 0 saturated heterocycles. The molecule has 0 unspecified atom stereocenters. The number of allylic oxidation sites excluding steroid dienone is 1. The molecule has 7 nitrogen and oxygen atoms in total. The summed E-state index contributed by atoms with van der Waals surface area (Å²) in [7, 11) is -6.22. The zero-order chi connectivity index (χ0) is 21.1. The van der Waals surface area contributed by atoms with Crippen molar-refractivity contribution < 1.29 is 44.8 Å². The topological polar surface area (TPSA) is 96.0 Å². The van der Waals surface area contributed by atoms with Crippen molar-refractivity contribution in [3.63, 3.8) is 0 Å². The lowest BCUT2D eigenvalue weighted by Crippen LogP contribution is -2.33. The number of esters is 2. The SMILES string of the molecule is C#CC(OS(=O)(=O)C(F)(F)F)=C(C(=O)OC(C)(C)C)C(=O)OC(C)(C)C. The van der Waals surface area contributed by atoms with Crippen LogP contribution >= 0.6 is 0 Å². The lowest BCUT2D eigenvalue weighted by molar-refractivity contribution is -0.158. The third kappa shape index (κ3) is 7.35. The number of ether oxygens (including phenoxy) is 2. The molecule has 0 amide bonds. The van der Waals surface area contributed by atoms with Crippen molar-refractivity contribution in [2.45, 2.75) is 58.3 Å². The van der Waals surface area contributed by atoms with Gasteiger partial charge in [0.05, 0.1) is 0 Å². The minimum absolute atomic E-state index is 1.17. The molecule has 11 heteroatoms. The van der Waals surface area contributed by atoms with Gasteiger partial charge in [0.2, 0.25) is 5.76 Å². The molecular weight excluding hydrogens is 381 g/mol. The maximum Gasteiger partial charge on any atom is 0.534 e. The summed E-state index contributed by atoms with van der Waals surface area (Å²) in [5.74, 6) is -3.06. The Balaban J connectivity index is 6.32. The summed E-state index contributed by atoms with van der Waals surface area (Å²) in [5.41, 5.74) is -9.47. The Kier molecular flexibility index (Phi) is 6.92. The number of alkyl halides is 3. The van der Waals surface area contributed by atoms with E-state index in [1.165, 1.54) is 47.5 Å². The second-order valence-corrected chi connectivity index (χ2v) is 8.37. The van der Waals surface area contributed by atoms with Gasteiger partial charge in [0.15, 0.2) is 5.57 Å². The van der Waals surface area contributed by atoms with E-state index in [2.05, 4.69) is 4.18 Å². The van der Waals surface area contributed by atoms with E-state index in [1.54, 1.807) is 0 Å². The fourth-order valence-corrected chi connectivity index (χ4v) is 1.67. The van der Waals surface area contributed by atoms with Crippen LogP contribution in [0.2, 0.25) is 0 Å². The van der Waals surface area contributed by atoms with Gasteiger partial charge in [-0.15, -0.1) is 6.42 Å². The quantitative estimate of drug-likeness (QED) is 0.105. The van der Waals surface area contributed by atoms with Gasteiger partial charge >= 0.3 is 27.6 Å². The molecule has 0 spiro atoms. The molecule has 0 rings (SSSR count). The average molecular weight is 400 g/mol. The van der Waals surface area contributed by atoms with Crippen LogP contribution in [-0.4, -0.2) is 37.1 Å². The van der Waals surface area contributed by atoms with E-state index in [0.717, 1.165) is 0 Å². The van der Waals surface area contributed by atoms with Gasteiger partial charge in [0.25, 0.3) is 0 Å². The highest BCUT2D eigenvalue weighted by molar-refractivity contribution is 7.87. The Morgan fingerprint density at radius 2 is 1.23 bits per heavy atom. The van der Waals surface area contributed by atoms with Crippen LogP contribution in [0.25, 0.3) is 0 Å². The molecule has 0 fully saturated rings. The molecule has 0 radical (unpaired) electrons. The fourth-order valence-electron chi connectivity index (χ4n) is 1.22. The Morgan fingerprint density at radius 3 is 1.46 bits per heavy atom. The standard InChI is InChI=1S/C15H19F3O7S/c1-8-9(25-26(21,22)15(16,17)18)10(11(19)23-13(2,3)4)12(20)24-14(5,6)7/h1H,2-7H3. The van der Waals surface area contributed by atoms with Crippen molar-refractivity contribution in [2.75, 3.05) is 0 Å². The summed E-state index contributed by atoms with van der Waals surface area (Å²) in [6, 6.07) is 0. The van der Waals surface area contributed by atoms with E-state index in [9.17, 15) is 31.2 Å². The van der Waals surface area contributed by atoms with E-state index in [0.29, 0.717) is 0 Å². The van der Waals surface area contributed by atoms with E-state index in [4.69, 9.17) is 15.9 Å². The molecule has 0 bridgehead atoms. The highest BCUT2D eigenvalue weighted by atomic mass is 32.2. The second kappa shape index (κ2) is 7.57. The maximum absolute atomic E-state index is 12.5. The Morgan fingerprint density at radius 1 is 0.885 bits per heavy atom. The molecular formula is C15H19F3O7S. The first-order valence-electron chi connectivity index (χ1n) is 6.99. The molecule has 0 aliphatic carbocycles. The third-order valence-electron chi connectivity index (χ3n) is 2.04. The van der Waals surface area contributed by atoms with Crippen molar-refractivity contribution in [3.05, 3.63) is 11.3 Å². The van der Waals surface area contributed by atoms with Crippen molar-refractivity contribution in [3.8, 4) is 12.3 Å². The first-order chi connectivity index (χ1) is 11.3. The van der Waals surface area contributed by atoms with Crippen LogP contribution in [0.4, 0.5) is 13.2 Å². The fraction of sp³-hybridized carbons (Fsp3) is 0.600. The minimum atomic E-state index is -6.22. The van der Waals surface area contributed by atoms with Crippen LogP contribution in [0.1, 0.15) is 41.5 Å². The van der Waals surface area contributed by atoms with Crippen LogP contribution in [0.15, 0.2) is 11.3 Å². The zero-order valence-electron chi connectivity index (χ0n) is 15.0. The van der Waals surface area contributed by atoms with Crippen LogP contribution in [0, 0.1) is 12.3 Å². The van der Waals surface area contributed by atoms with Crippen molar-refractivity contribution in [1.82, 2.24) is 0 Å². The van der Waals surface area contributed by atoms with Crippen LogP contribution in [-0.2, 0) is 33.4 Å². The molecule has 0 aromatic carbocycles. The van der Waals surface area contributed by atoms with Gasteiger partial charge in [-0.1, -0.05) is 0 Å². The summed E-state index contributed by atoms with van der Waals surface area (Å²) < 4.78 is 73.3. The highest BCUT2D eigenvalue weighted by Gasteiger charge is 2.50. The third-order valence-corrected chi connectivity index (χ3v) is 2.99. The summed E-state index contributed by atoms with van der Waals surface area (Å²) >= 11 is 0. The lowest BCUT2D eigenvalue weighted by Gasteiger charge is -2.23. The Bertz CT molecular complexity index is 712. The number of halogens is 3. The molecule has 0 aliphatic heterocycles. The molecule has 0 aromatic heterocycles. The zero-order valence-corrected chi connectivity index (χ0v) is 15.8. The number of carbonyl (C=O) groups excluding carboxylic acids is 2. The highest BCUT2D eigenvalue weighted by Crippen LogP contribution is 2.28. The van der Waals surface area contributed by atoms with Crippen LogP contribution in [0.5, 0.6) is 0 Å². The van der Waals surface area contributed by atoms with E-state index in [1.807, 2.05) is 0 Å². The first-order valence-corrected chi connectivity index (χ1v) is 8.40. The monoisotopic (exact) mass is 400 g/mol. The van der Waals surface area contributed by atoms with E-state index in [-0.39, 0.29) is 0 Å². The lowest BCUT2D eigenvalue weighted by atomic mass is 10.1. The minimum Gasteiger partial charge on any atom is -0.456 e. The van der Waals surface area contributed by atoms with E-state index < -0.39 is 50.1 Å². The molecule has 0 N–H and O–H groups in total. The number of hydrogen-bond donors (Lipinski definition) is 0. The number of carbonyl (C=O) groups is 2. The molecule has 0 saturated carbocycles. The molecule has 0 heterocycles. The Labute approximate surface area is 149 Å². The van der Waals surface area contributed by atoms with Gasteiger partial charge in [-0.2, -0.15) is 21.6 Å². The van der Waals surface area contributed by atoms with Crippen molar-refractivity contribution in [2.24, 2.45) is 0 Å². The summed E-state index contributed by atoms with van der Waals surface area (Å²) in [4.78, 5) is 24.4. The molecule has 0 aliphatic rings. The van der Waals surface area contributed by atoms with E-state index >= 15 is 0 Å². The van der Waals surface area contributed by atoms with Gasteiger partial charge in [-0.3, -0.25) is 0 Å². The first kappa shape index (κ1) is 23.8. The molecule has 0 aromatic rings. The second-order valence-electron chi connectivity index (χ2n) is 6.84. The predicted octanol–water partition coefficient (Wildman–Crippen LogP) is 2.42. The number of hydrogen-bond acceptors (Lipinski definition) is 7. The summed E-state index contributed by atoms with van der Waals surface area (Å²) in [6.07, 6.45) is 4.95. The molecule has 26 heavy (non-hydrogen) atoms. The maximum atomic E-state index is 12.5. The molecule has 148 valence electrons. The number of rotatable bonds is 4. The Hall–Kier alpha value is -2.22. The summed E-state index contributed by atoms with van der Waals surface area (Å²) in [5, 5.41) is 0. The van der Waals surface area contributed by atoms with Gasteiger partial charge in [-0.25, -0.2) is 9.59 Å². The normalized spacial score (nSPS) is 12.6. The predicted molar refractivity (Wildman–Crippen MR) is 83.6 cm³/mol. The van der Waals surface area contributed by atoms with Gasteiger partial charge in [0, 0.05) is 0 Å². The van der Waals surface area contributed by atoms with Gasteiger partial charge in [0.1, 0.15) is 11.2 Å². The smallest absolute Gasteiger partial charge is 0.456 e. The average Bonchev–Trinajstić information content (AvgIpc) is 2.31. The largest absolute Gasteiger partial charge is 0.534 e. The number of terminal acetylenes is 1. The van der Waals surface area contributed by atoms with Gasteiger partial charge < -0.3 is 13.7 Å². The van der Waals surface area contributed by atoms with Crippen LogP contribution in [0.3, 0.4) is 0 Å². The van der Waals surface area contributed by atoms with Gasteiger partial charge in [-0.05, 0) is 47.5 Å². The van der Waals surface area contributed by atoms with Crippen LogP contribution < -0.4 is 0 Å². The molecule has 0 atom stereocenters. The van der Waals surface area contributed by atoms with Crippen molar-refractivity contribution >= 4 is 22.1 Å². The summed E-state index contributed by atoms with van der Waals surface area (Å²) in [6.45, 7) is 8.42. The van der Waals surface area contributed by atoms with Crippen molar-refractivity contribution in [1.29, 1.82) is 0 Å².